The molecule has 0 unspecified atom stereocenters. The highest BCUT2D eigenvalue weighted by Gasteiger charge is 2.20. The van der Waals surface area contributed by atoms with Crippen LogP contribution in [-0.4, -0.2) is 15.2 Å². The zero-order valence-corrected chi connectivity index (χ0v) is 13.1. The molecule has 6 nitrogen and oxygen atoms in total. The fourth-order valence-electron chi connectivity index (χ4n) is 1.48. The van der Waals surface area contributed by atoms with Gasteiger partial charge in [0.1, 0.15) is 11.4 Å². The average molecular weight is 368 g/mol. The molecule has 1 aliphatic heterocycles. The van der Waals surface area contributed by atoms with Crippen LogP contribution in [0.5, 0.6) is 0 Å². The summed E-state index contributed by atoms with van der Waals surface area (Å²) in [6.07, 6.45) is 0. The molecule has 1 N–H and O–H groups in total. The van der Waals surface area contributed by atoms with Gasteiger partial charge in [-0.1, -0.05) is 34.8 Å². The van der Waals surface area contributed by atoms with Crippen LogP contribution in [-0.2, 0) is 11.4 Å². The molecule has 1 aliphatic rings. The van der Waals surface area contributed by atoms with E-state index >= 15 is 0 Å². The van der Waals surface area contributed by atoms with Gasteiger partial charge in [-0.2, -0.15) is 13.7 Å². The lowest BCUT2D eigenvalue weighted by molar-refractivity contribution is 0.975. The van der Waals surface area contributed by atoms with Crippen molar-refractivity contribution in [3.63, 3.8) is 0 Å². The van der Waals surface area contributed by atoms with Crippen molar-refractivity contribution in [1.82, 2.24) is 15.2 Å². The molecule has 0 bridgehead atoms. The van der Waals surface area contributed by atoms with E-state index in [1.807, 2.05) is 0 Å². The summed E-state index contributed by atoms with van der Waals surface area (Å²) in [5.41, 5.74) is 1.52. The van der Waals surface area contributed by atoms with Crippen LogP contribution in [0.1, 0.15) is 0 Å². The summed E-state index contributed by atoms with van der Waals surface area (Å²) in [6, 6.07) is 1.55. The summed E-state index contributed by atoms with van der Waals surface area (Å²) in [4.78, 5) is 3.94. The van der Waals surface area contributed by atoms with Gasteiger partial charge in [0.2, 0.25) is 5.28 Å². The van der Waals surface area contributed by atoms with E-state index in [1.54, 1.807) is 6.07 Å². The number of benzene rings is 1. The van der Waals surface area contributed by atoms with Crippen LogP contribution in [0.2, 0.25) is 20.5 Å². The zero-order valence-electron chi connectivity index (χ0n) is 9.23. The number of anilines is 2. The summed E-state index contributed by atoms with van der Waals surface area (Å²) in [5.74, 6) is 0.213. The molecule has 0 amide bonds. The van der Waals surface area contributed by atoms with Crippen molar-refractivity contribution in [3.05, 3.63) is 26.5 Å². The van der Waals surface area contributed by atoms with Gasteiger partial charge in [0.25, 0.3) is 0 Å². The fourth-order valence-corrected chi connectivity index (χ4v) is 2.89. The van der Waals surface area contributed by atoms with E-state index < -0.39 is 0 Å². The Hall–Kier alpha value is -0.990. The largest absolute Gasteiger partial charge is 0.334 e. The molecule has 1 aromatic carbocycles. The summed E-state index contributed by atoms with van der Waals surface area (Å²) in [5, 5.41) is 10.9. The summed E-state index contributed by atoms with van der Waals surface area (Å²) < 4.78 is 8.24. The monoisotopic (exact) mass is 366 g/mol. The number of hydrogen-bond acceptors (Lipinski definition) is 6. The van der Waals surface area contributed by atoms with Gasteiger partial charge in [0.05, 0.1) is 27.1 Å². The number of nitrogens with one attached hydrogen (secondary N) is 1. The molecule has 2 heterocycles. The third kappa shape index (κ3) is 2.47. The molecule has 0 saturated carbocycles. The maximum absolute atomic E-state index is 6.16. The van der Waals surface area contributed by atoms with Crippen molar-refractivity contribution >= 4 is 80.6 Å². The number of nitrogens with zero attached hydrogens (tertiary/aromatic N) is 5. The van der Waals surface area contributed by atoms with E-state index in [2.05, 4.69) is 29.2 Å². The zero-order chi connectivity index (χ0) is 14.3. The van der Waals surface area contributed by atoms with Crippen molar-refractivity contribution in [2.24, 2.45) is 8.73 Å². The minimum Gasteiger partial charge on any atom is -0.334 e. The Morgan fingerprint density at radius 1 is 0.950 bits per heavy atom. The predicted molar refractivity (Wildman–Crippen MR) is 81.1 cm³/mol. The van der Waals surface area contributed by atoms with Crippen LogP contribution >= 0.6 is 46.4 Å². The molecule has 0 radical (unpaired) electrons. The molecule has 2 aromatic rings. The lowest BCUT2D eigenvalue weighted by atomic mass is 10.2. The topological polar surface area (TPSA) is 75.4 Å². The summed E-state index contributed by atoms with van der Waals surface area (Å²) in [6.45, 7) is 0. The smallest absolute Gasteiger partial charge is 0.245 e. The highest BCUT2D eigenvalue weighted by molar-refractivity contribution is 7.58. The average Bonchev–Trinajstić information content (AvgIpc) is 2.88. The van der Waals surface area contributed by atoms with Crippen LogP contribution in [0.3, 0.4) is 0 Å². The third-order valence-electron chi connectivity index (χ3n) is 2.31. The van der Waals surface area contributed by atoms with E-state index in [4.69, 9.17) is 46.4 Å². The van der Waals surface area contributed by atoms with Crippen molar-refractivity contribution in [2.75, 3.05) is 5.32 Å². The normalized spacial score (nSPS) is 12.2. The Kier molecular flexibility index (Phi) is 3.78. The quantitative estimate of drug-likeness (QED) is 0.694. The molecular weight excluding hydrogens is 366 g/mol. The second kappa shape index (κ2) is 5.42. The van der Waals surface area contributed by atoms with E-state index in [9.17, 15) is 0 Å². The van der Waals surface area contributed by atoms with Crippen LogP contribution in [0.4, 0.5) is 22.9 Å². The molecule has 1 aromatic heterocycles. The third-order valence-corrected chi connectivity index (χ3v) is 3.84. The number of halogens is 4. The van der Waals surface area contributed by atoms with E-state index in [0.717, 1.165) is 11.4 Å². The Morgan fingerprint density at radius 2 is 1.70 bits per heavy atom. The Balaban J connectivity index is 2.11. The van der Waals surface area contributed by atoms with Gasteiger partial charge >= 0.3 is 0 Å². The first-order chi connectivity index (χ1) is 9.56. The Labute approximate surface area is 136 Å². The second-order valence-corrected chi connectivity index (χ2v) is 5.56. The highest BCUT2D eigenvalue weighted by Crippen LogP contribution is 2.48. The lowest BCUT2D eigenvalue weighted by Gasteiger charge is -2.11. The van der Waals surface area contributed by atoms with Gasteiger partial charge < -0.3 is 5.32 Å². The number of rotatable bonds is 2. The number of fused-ring (bicyclic) bond motifs is 1. The molecule has 102 valence electrons. The van der Waals surface area contributed by atoms with Gasteiger partial charge in [-0.25, -0.2) is 0 Å². The molecule has 0 atom stereocenters. The van der Waals surface area contributed by atoms with E-state index in [1.165, 1.54) is 0 Å². The van der Waals surface area contributed by atoms with Crippen LogP contribution < -0.4 is 5.32 Å². The van der Waals surface area contributed by atoms with Crippen molar-refractivity contribution in [3.8, 4) is 0 Å². The van der Waals surface area contributed by atoms with Crippen LogP contribution in [0.15, 0.2) is 14.8 Å². The maximum atomic E-state index is 6.16. The predicted octanol–water partition coefficient (Wildman–Crippen LogP) is 4.96. The summed E-state index contributed by atoms with van der Waals surface area (Å²) in [7, 11) is 0. The number of hydrogen-bond donors (Lipinski definition) is 1. The van der Waals surface area contributed by atoms with Crippen LogP contribution in [0.25, 0.3) is 0 Å². The van der Waals surface area contributed by atoms with Gasteiger partial charge in [0, 0.05) is 0 Å². The van der Waals surface area contributed by atoms with E-state index in [0.29, 0.717) is 27.1 Å². The van der Waals surface area contributed by atoms with Gasteiger partial charge in [-0.05, 0) is 17.7 Å². The maximum Gasteiger partial charge on any atom is 0.245 e. The van der Waals surface area contributed by atoms with E-state index in [-0.39, 0.29) is 16.3 Å². The lowest BCUT2D eigenvalue weighted by Crippen LogP contribution is -1.99. The van der Waals surface area contributed by atoms with Gasteiger partial charge in [-0.15, -0.1) is 10.2 Å². The molecule has 20 heavy (non-hydrogen) atoms. The second-order valence-electron chi connectivity index (χ2n) is 3.52. The minimum absolute atomic E-state index is 0.0466. The molecule has 0 spiro atoms. The first-order valence-electron chi connectivity index (χ1n) is 4.99. The molecule has 0 aliphatic carbocycles. The molecule has 3 rings (SSSR count). The van der Waals surface area contributed by atoms with Crippen molar-refractivity contribution in [2.45, 2.75) is 0 Å². The summed E-state index contributed by atoms with van der Waals surface area (Å²) >= 11 is 24.8. The SMILES string of the molecule is Clc1nnc(Cl)c(Nc2c(Cl)cc(Cl)c3c2N=S=N3)n1. The fraction of sp³-hybridized carbons (Fsp3) is 0. The minimum atomic E-state index is -0.0466. The first kappa shape index (κ1) is 14.0. The van der Waals surface area contributed by atoms with Crippen molar-refractivity contribution < 1.29 is 0 Å². The molecule has 0 fully saturated rings. The highest BCUT2D eigenvalue weighted by atomic mass is 35.5. The molecule has 11 heteroatoms. The van der Waals surface area contributed by atoms with Crippen LogP contribution in [0, 0.1) is 0 Å². The molecule has 0 saturated heterocycles. The van der Waals surface area contributed by atoms with Crippen molar-refractivity contribution in [1.29, 1.82) is 0 Å². The Morgan fingerprint density at radius 3 is 2.50 bits per heavy atom. The standard InChI is InChI=1S/C9H2Cl4N6S/c10-2-1-3(11)5-6(19-20-18-5)4(2)14-8-7(12)16-17-9(13)15-8/h1H,(H,14,15,17). The number of aromatic nitrogens is 3. The molecular formula is C9H2Cl4N6S. The van der Waals surface area contributed by atoms with Gasteiger partial charge in [-0.3, -0.25) is 0 Å². The first-order valence-corrected chi connectivity index (χ1v) is 7.23. The Bertz CT molecular complexity index is 788. The van der Waals surface area contributed by atoms with Gasteiger partial charge in [0.15, 0.2) is 11.0 Å².